The van der Waals surface area contributed by atoms with Crippen LogP contribution in [0.25, 0.3) is 0 Å². The molecule has 1 rings (SSSR count). The number of nitrogens with one attached hydrogen (secondary N) is 1. The molecule has 0 aliphatic carbocycles. The largest absolute Gasteiger partial charge is 0.409 e. The maximum atomic E-state index is 11.9. The van der Waals surface area contributed by atoms with Gasteiger partial charge < -0.3 is 21.0 Å². The summed E-state index contributed by atoms with van der Waals surface area (Å²) < 4.78 is 5.38. The molecule has 17 heavy (non-hydrogen) atoms. The third kappa shape index (κ3) is 3.89. The molecule has 0 aromatic rings. The molecule has 0 bridgehead atoms. The van der Waals surface area contributed by atoms with Gasteiger partial charge in [0, 0.05) is 19.1 Å². The maximum absolute atomic E-state index is 11.9. The van der Waals surface area contributed by atoms with Crippen LogP contribution < -0.4 is 11.1 Å². The molecule has 4 N–H and O–H groups in total. The monoisotopic (exact) mass is 243 g/mol. The average Bonchev–Trinajstić information content (AvgIpc) is 2.74. The minimum absolute atomic E-state index is 0.104. The predicted molar refractivity (Wildman–Crippen MR) is 63.8 cm³/mol. The third-order valence-electron chi connectivity index (χ3n) is 3.07. The Labute approximate surface area is 101 Å². The van der Waals surface area contributed by atoms with Gasteiger partial charge in [0.1, 0.15) is 11.9 Å². The average molecular weight is 243 g/mol. The second-order valence-corrected chi connectivity index (χ2v) is 4.47. The minimum Gasteiger partial charge on any atom is -0.409 e. The Bertz CT molecular complexity index is 294. The Balaban J connectivity index is 2.47. The van der Waals surface area contributed by atoms with Crippen LogP contribution in [0.15, 0.2) is 5.16 Å². The van der Waals surface area contributed by atoms with Crippen molar-refractivity contribution in [2.24, 2.45) is 16.8 Å². The van der Waals surface area contributed by atoms with Crippen LogP contribution in [-0.2, 0) is 9.53 Å². The van der Waals surface area contributed by atoms with Gasteiger partial charge in [0.2, 0.25) is 5.91 Å². The standard InChI is InChI=1S/C11H21N3O3/c1-3-8(6-9(12)14-16)13-11(15)10-7(2)4-5-17-10/h7-8,10,16H,3-6H2,1-2H3,(H2,12,14)(H,13,15). The fraction of sp³-hybridized carbons (Fsp3) is 0.818. The van der Waals surface area contributed by atoms with E-state index < -0.39 is 0 Å². The first-order valence-electron chi connectivity index (χ1n) is 5.96. The number of amidine groups is 1. The zero-order valence-corrected chi connectivity index (χ0v) is 10.3. The quantitative estimate of drug-likeness (QED) is 0.282. The van der Waals surface area contributed by atoms with Gasteiger partial charge in [-0.25, -0.2) is 0 Å². The predicted octanol–water partition coefficient (Wildman–Crippen LogP) is 0.443. The number of amides is 1. The smallest absolute Gasteiger partial charge is 0.249 e. The van der Waals surface area contributed by atoms with Crippen LogP contribution in [0.5, 0.6) is 0 Å². The van der Waals surface area contributed by atoms with Gasteiger partial charge in [0.05, 0.1) is 0 Å². The van der Waals surface area contributed by atoms with E-state index in [1.807, 2.05) is 13.8 Å². The topological polar surface area (TPSA) is 96.9 Å². The van der Waals surface area contributed by atoms with Crippen LogP contribution >= 0.6 is 0 Å². The summed E-state index contributed by atoms with van der Waals surface area (Å²) in [5.74, 6) is 0.265. The molecule has 1 fully saturated rings. The molecule has 98 valence electrons. The lowest BCUT2D eigenvalue weighted by Gasteiger charge is -2.20. The van der Waals surface area contributed by atoms with E-state index >= 15 is 0 Å². The normalized spacial score (nSPS) is 26.8. The molecule has 0 aromatic heterocycles. The first-order valence-corrected chi connectivity index (χ1v) is 5.96. The summed E-state index contributed by atoms with van der Waals surface area (Å²) in [6.45, 7) is 4.58. The van der Waals surface area contributed by atoms with Crippen LogP contribution in [0.1, 0.15) is 33.1 Å². The number of oxime groups is 1. The van der Waals surface area contributed by atoms with Crippen molar-refractivity contribution in [1.29, 1.82) is 0 Å². The number of nitrogens with zero attached hydrogens (tertiary/aromatic N) is 1. The van der Waals surface area contributed by atoms with Crippen molar-refractivity contribution in [3.05, 3.63) is 0 Å². The Morgan fingerprint density at radius 3 is 2.88 bits per heavy atom. The summed E-state index contributed by atoms with van der Waals surface area (Å²) in [6.07, 6.45) is 1.62. The molecule has 3 atom stereocenters. The van der Waals surface area contributed by atoms with Crippen LogP contribution in [-0.4, -0.2) is 35.7 Å². The van der Waals surface area contributed by atoms with Crippen molar-refractivity contribution in [3.63, 3.8) is 0 Å². The molecule has 0 saturated carbocycles. The van der Waals surface area contributed by atoms with Gasteiger partial charge in [-0.2, -0.15) is 0 Å². The SMILES string of the molecule is CCC(CC(N)=NO)NC(=O)C1OCCC1C. The number of nitrogens with two attached hydrogens (primary N) is 1. The lowest BCUT2D eigenvalue weighted by molar-refractivity contribution is -0.132. The van der Waals surface area contributed by atoms with E-state index in [2.05, 4.69) is 10.5 Å². The van der Waals surface area contributed by atoms with Gasteiger partial charge in [-0.15, -0.1) is 0 Å². The van der Waals surface area contributed by atoms with E-state index in [0.29, 0.717) is 13.0 Å². The summed E-state index contributed by atoms with van der Waals surface area (Å²) >= 11 is 0. The van der Waals surface area contributed by atoms with Gasteiger partial charge in [-0.1, -0.05) is 19.0 Å². The Hall–Kier alpha value is -1.30. The first kappa shape index (κ1) is 13.8. The van der Waals surface area contributed by atoms with E-state index in [9.17, 15) is 4.79 Å². The molecule has 0 spiro atoms. The molecule has 1 aliphatic heterocycles. The number of rotatable bonds is 5. The van der Waals surface area contributed by atoms with Gasteiger partial charge in [0.25, 0.3) is 0 Å². The van der Waals surface area contributed by atoms with Crippen molar-refractivity contribution < 1.29 is 14.7 Å². The lowest BCUT2D eigenvalue weighted by Crippen LogP contribution is -2.44. The van der Waals surface area contributed by atoms with Crippen LogP contribution in [0.2, 0.25) is 0 Å². The molecule has 0 radical (unpaired) electrons. The van der Waals surface area contributed by atoms with Crippen molar-refractivity contribution in [2.45, 2.75) is 45.3 Å². The van der Waals surface area contributed by atoms with Gasteiger partial charge in [-0.3, -0.25) is 4.79 Å². The minimum atomic E-state index is -0.365. The maximum Gasteiger partial charge on any atom is 0.249 e. The Morgan fingerprint density at radius 2 is 2.41 bits per heavy atom. The van der Waals surface area contributed by atoms with Gasteiger partial charge in [-0.05, 0) is 18.8 Å². The van der Waals surface area contributed by atoms with Crippen molar-refractivity contribution in [2.75, 3.05) is 6.61 Å². The lowest BCUT2D eigenvalue weighted by atomic mass is 10.0. The van der Waals surface area contributed by atoms with Crippen molar-refractivity contribution >= 4 is 11.7 Å². The summed E-state index contributed by atoms with van der Waals surface area (Å²) in [6, 6.07) is -0.116. The highest BCUT2D eigenvalue weighted by Crippen LogP contribution is 2.20. The van der Waals surface area contributed by atoms with Gasteiger partial charge >= 0.3 is 0 Å². The number of carbonyl (C=O) groups is 1. The molecule has 1 saturated heterocycles. The zero-order valence-electron chi connectivity index (χ0n) is 10.3. The van der Waals surface area contributed by atoms with E-state index in [-0.39, 0.29) is 29.8 Å². The van der Waals surface area contributed by atoms with Crippen LogP contribution in [0.4, 0.5) is 0 Å². The third-order valence-corrected chi connectivity index (χ3v) is 3.07. The molecule has 3 unspecified atom stereocenters. The molecule has 6 heteroatoms. The molecular formula is C11H21N3O3. The summed E-state index contributed by atoms with van der Waals surface area (Å²) in [7, 11) is 0. The van der Waals surface area contributed by atoms with Crippen LogP contribution in [0.3, 0.4) is 0 Å². The highest BCUT2D eigenvalue weighted by atomic mass is 16.5. The van der Waals surface area contributed by atoms with Gasteiger partial charge in [0.15, 0.2) is 0 Å². The molecular weight excluding hydrogens is 222 g/mol. The fourth-order valence-electron chi connectivity index (χ4n) is 1.90. The van der Waals surface area contributed by atoms with Crippen molar-refractivity contribution in [1.82, 2.24) is 5.32 Å². The fourth-order valence-corrected chi connectivity index (χ4v) is 1.90. The second kappa shape index (κ2) is 6.44. The number of carbonyl (C=O) groups excluding carboxylic acids is 1. The van der Waals surface area contributed by atoms with E-state index in [1.54, 1.807) is 0 Å². The van der Waals surface area contributed by atoms with E-state index in [4.69, 9.17) is 15.7 Å². The van der Waals surface area contributed by atoms with E-state index in [0.717, 1.165) is 12.8 Å². The zero-order chi connectivity index (χ0) is 12.8. The second-order valence-electron chi connectivity index (χ2n) is 4.47. The summed E-state index contributed by atoms with van der Waals surface area (Å²) in [5, 5.41) is 14.3. The highest BCUT2D eigenvalue weighted by molar-refractivity contribution is 5.84. The Kier molecular flexibility index (Phi) is 5.21. The molecule has 0 aromatic carbocycles. The van der Waals surface area contributed by atoms with E-state index in [1.165, 1.54) is 0 Å². The number of hydrogen-bond acceptors (Lipinski definition) is 4. The number of ether oxygens (including phenoxy) is 1. The summed E-state index contributed by atoms with van der Waals surface area (Å²) in [4.78, 5) is 11.9. The molecule has 1 aliphatic rings. The molecule has 6 nitrogen and oxygen atoms in total. The highest BCUT2D eigenvalue weighted by Gasteiger charge is 2.31. The molecule has 1 heterocycles. The first-order chi connectivity index (χ1) is 8.08. The van der Waals surface area contributed by atoms with Crippen LogP contribution in [0, 0.1) is 5.92 Å². The number of hydrogen-bond donors (Lipinski definition) is 3. The summed E-state index contributed by atoms with van der Waals surface area (Å²) in [5.41, 5.74) is 5.42. The Morgan fingerprint density at radius 1 is 1.71 bits per heavy atom. The van der Waals surface area contributed by atoms with Crippen molar-refractivity contribution in [3.8, 4) is 0 Å². The molecule has 1 amide bonds.